The number of nitro groups is 1. The third-order valence-electron chi connectivity index (χ3n) is 4.42. The Balaban J connectivity index is 1.84. The third kappa shape index (κ3) is 4.97. The number of H-pyrrole nitrogens is 1. The molecule has 1 aliphatic heterocycles. The number of nitrogens with one attached hydrogen (secondary N) is 1. The molecule has 156 valence electrons. The van der Waals surface area contributed by atoms with Gasteiger partial charge in [0.2, 0.25) is 0 Å². The first-order chi connectivity index (χ1) is 13.5. The second kappa shape index (κ2) is 8.16. The number of aromatic amines is 1. The number of benzene rings is 1. The van der Waals surface area contributed by atoms with E-state index in [4.69, 9.17) is 4.74 Å². The number of hydrogen-bond acceptors (Lipinski definition) is 7. The molecule has 2 heterocycles. The summed E-state index contributed by atoms with van der Waals surface area (Å²) in [7, 11) is 3.85. The molecule has 1 atom stereocenters. The van der Waals surface area contributed by atoms with E-state index in [9.17, 15) is 14.9 Å². The van der Waals surface area contributed by atoms with Crippen LogP contribution in [0.3, 0.4) is 0 Å². The lowest BCUT2D eigenvalue weighted by atomic mass is 9.97. The number of aliphatic imine (C=N–C) groups is 1. The topological polar surface area (TPSA) is 101 Å². The van der Waals surface area contributed by atoms with Crippen molar-refractivity contribution in [1.29, 1.82) is 0 Å². The molecule has 2 aromatic rings. The number of carbonyl (C=O) groups is 1. The molecule has 0 fully saturated rings. The van der Waals surface area contributed by atoms with Crippen LogP contribution >= 0.6 is 11.8 Å². The van der Waals surface area contributed by atoms with Crippen molar-refractivity contribution < 1.29 is 14.5 Å². The van der Waals surface area contributed by atoms with Crippen molar-refractivity contribution in [2.45, 2.75) is 33.4 Å². The first-order valence-electron chi connectivity index (χ1n) is 9.37. The van der Waals surface area contributed by atoms with Gasteiger partial charge in [0, 0.05) is 23.8 Å². The number of non-ortho nitro benzene ring substituents is 1. The molecule has 1 aromatic heterocycles. The molecule has 8 nitrogen and oxygen atoms in total. The molecule has 1 aliphatic rings. The highest BCUT2D eigenvalue weighted by Gasteiger charge is 2.27. The van der Waals surface area contributed by atoms with E-state index in [1.807, 2.05) is 51.9 Å². The predicted molar refractivity (Wildman–Crippen MR) is 116 cm³/mol. The number of fused-ring (bicyclic) bond motifs is 1. The van der Waals surface area contributed by atoms with Gasteiger partial charge in [0.1, 0.15) is 17.2 Å². The minimum absolute atomic E-state index is 0.0601. The van der Waals surface area contributed by atoms with Crippen LogP contribution in [0.5, 0.6) is 0 Å². The van der Waals surface area contributed by atoms with Gasteiger partial charge in [0.25, 0.3) is 5.69 Å². The third-order valence-corrected chi connectivity index (χ3v) is 5.57. The van der Waals surface area contributed by atoms with Crippen LogP contribution < -0.4 is 0 Å². The first-order valence-corrected chi connectivity index (χ1v) is 10.4. The maximum atomic E-state index is 11.9. The van der Waals surface area contributed by atoms with E-state index in [1.165, 1.54) is 0 Å². The molecule has 0 saturated heterocycles. The molecule has 0 spiro atoms. The number of carbonyl (C=O) groups excluding carboxylic acids is 1. The number of nitro benzene ring substituents is 1. The van der Waals surface area contributed by atoms with Gasteiger partial charge in [-0.2, -0.15) is 0 Å². The summed E-state index contributed by atoms with van der Waals surface area (Å²) < 4.78 is 5.37. The lowest BCUT2D eigenvalue weighted by Gasteiger charge is -2.17. The fraction of sp³-hybridized carbons (Fsp3) is 0.500. The Morgan fingerprint density at radius 2 is 2.10 bits per heavy atom. The van der Waals surface area contributed by atoms with E-state index in [0.29, 0.717) is 17.8 Å². The maximum Gasteiger partial charge on any atom is 0.311 e. The SMILES string of the molecule is CN(C)Cc1cc([N+](=O)[O-])c2[nH]c(C3=N[C@H](COC(=O)C(C)(C)C)CS3)cc2c1. The van der Waals surface area contributed by atoms with Crippen molar-refractivity contribution in [2.75, 3.05) is 26.5 Å². The average molecular weight is 419 g/mol. The van der Waals surface area contributed by atoms with Crippen molar-refractivity contribution in [2.24, 2.45) is 10.4 Å². The monoisotopic (exact) mass is 418 g/mol. The van der Waals surface area contributed by atoms with Crippen LogP contribution in [0.15, 0.2) is 23.2 Å². The van der Waals surface area contributed by atoms with E-state index < -0.39 is 5.41 Å². The van der Waals surface area contributed by atoms with Crippen molar-refractivity contribution in [3.63, 3.8) is 0 Å². The van der Waals surface area contributed by atoms with Gasteiger partial charge in [0.15, 0.2) is 0 Å². The zero-order chi connectivity index (χ0) is 21.3. The van der Waals surface area contributed by atoms with Crippen LogP contribution in [0, 0.1) is 15.5 Å². The Hall–Kier alpha value is -2.39. The Bertz CT molecular complexity index is 975. The zero-order valence-corrected chi connectivity index (χ0v) is 18.1. The molecule has 0 radical (unpaired) electrons. The van der Waals surface area contributed by atoms with E-state index in [0.717, 1.165) is 21.7 Å². The number of thioether (sulfide) groups is 1. The number of nitrogens with zero attached hydrogens (tertiary/aromatic N) is 3. The summed E-state index contributed by atoms with van der Waals surface area (Å²) in [6.07, 6.45) is 0. The van der Waals surface area contributed by atoms with Crippen LogP contribution in [0.4, 0.5) is 5.69 Å². The Labute approximate surface area is 173 Å². The van der Waals surface area contributed by atoms with Crippen LogP contribution in [0.1, 0.15) is 32.0 Å². The van der Waals surface area contributed by atoms with Crippen LogP contribution in [0.25, 0.3) is 10.9 Å². The van der Waals surface area contributed by atoms with E-state index in [1.54, 1.807) is 17.8 Å². The van der Waals surface area contributed by atoms with Gasteiger partial charge < -0.3 is 14.6 Å². The Morgan fingerprint density at radius 1 is 1.38 bits per heavy atom. The summed E-state index contributed by atoms with van der Waals surface area (Å²) in [5.41, 5.74) is 1.65. The fourth-order valence-electron chi connectivity index (χ4n) is 3.04. The molecule has 29 heavy (non-hydrogen) atoms. The summed E-state index contributed by atoms with van der Waals surface area (Å²) in [6.45, 7) is 6.30. The van der Waals surface area contributed by atoms with Gasteiger partial charge in [-0.3, -0.25) is 19.9 Å². The average Bonchev–Trinajstić information content (AvgIpc) is 3.23. The van der Waals surface area contributed by atoms with Gasteiger partial charge in [0.05, 0.1) is 22.1 Å². The van der Waals surface area contributed by atoms with E-state index >= 15 is 0 Å². The van der Waals surface area contributed by atoms with Crippen LogP contribution in [-0.4, -0.2) is 58.3 Å². The molecular weight excluding hydrogens is 392 g/mol. The second-order valence-corrected chi connectivity index (χ2v) is 9.51. The van der Waals surface area contributed by atoms with Crippen molar-refractivity contribution in [3.8, 4) is 0 Å². The number of esters is 1. The molecule has 0 saturated carbocycles. The molecule has 1 N–H and O–H groups in total. The van der Waals surface area contributed by atoms with Crippen LogP contribution in [0.2, 0.25) is 0 Å². The van der Waals surface area contributed by atoms with E-state index in [-0.39, 0.29) is 29.2 Å². The minimum Gasteiger partial charge on any atom is -0.463 e. The molecule has 0 unspecified atom stereocenters. The fourth-order valence-corrected chi connectivity index (χ4v) is 4.05. The summed E-state index contributed by atoms with van der Waals surface area (Å²) in [5.74, 6) is 0.455. The first kappa shape index (κ1) is 21.3. The number of hydrogen-bond donors (Lipinski definition) is 1. The maximum absolute atomic E-state index is 11.9. The number of rotatable bonds is 6. The van der Waals surface area contributed by atoms with Crippen LogP contribution in [-0.2, 0) is 16.1 Å². The summed E-state index contributed by atoms with van der Waals surface area (Å²) in [5, 5.41) is 13.1. The van der Waals surface area contributed by atoms with Gasteiger partial charge >= 0.3 is 5.97 Å². The normalized spacial score (nSPS) is 17.0. The second-order valence-electron chi connectivity index (χ2n) is 8.50. The van der Waals surface area contributed by atoms with Gasteiger partial charge in [-0.1, -0.05) is 0 Å². The highest BCUT2D eigenvalue weighted by molar-refractivity contribution is 8.14. The highest BCUT2D eigenvalue weighted by Crippen LogP contribution is 2.31. The standard InChI is InChI=1S/C20H26N4O4S/c1-20(2,3)19(25)28-10-14-11-29-18(21-14)15-8-13-6-12(9-23(4)5)7-16(24(26)27)17(13)22-15/h6-8,14,22H,9-11H2,1-5H3/t14-/m1/s1. The van der Waals surface area contributed by atoms with Crippen molar-refractivity contribution in [1.82, 2.24) is 9.88 Å². The van der Waals surface area contributed by atoms with Crippen molar-refractivity contribution >= 4 is 39.4 Å². The highest BCUT2D eigenvalue weighted by atomic mass is 32.2. The summed E-state index contributed by atoms with van der Waals surface area (Å²) in [4.78, 5) is 32.9. The van der Waals surface area contributed by atoms with Gasteiger partial charge in [-0.25, -0.2) is 0 Å². The molecular formula is C20H26N4O4S. The molecule has 1 aromatic carbocycles. The van der Waals surface area contributed by atoms with E-state index in [2.05, 4.69) is 9.98 Å². The number of aromatic nitrogens is 1. The molecule has 9 heteroatoms. The largest absolute Gasteiger partial charge is 0.463 e. The zero-order valence-electron chi connectivity index (χ0n) is 17.3. The lowest BCUT2D eigenvalue weighted by molar-refractivity contribution is -0.383. The summed E-state index contributed by atoms with van der Waals surface area (Å²) in [6, 6.07) is 5.36. The Kier molecular flexibility index (Phi) is 6.00. The molecule has 3 rings (SSSR count). The quantitative estimate of drug-likeness (QED) is 0.437. The summed E-state index contributed by atoms with van der Waals surface area (Å²) >= 11 is 1.56. The predicted octanol–water partition coefficient (Wildman–Crippen LogP) is 3.59. The van der Waals surface area contributed by atoms with Gasteiger partial charge in [-0.05, 0) is 52.6 Å². The lowest BCUT2D eigenvalue weighted by Crippen LogP contribution is -2.26. The molecule has 0 bridgehead atoms. The molecule has 0 aliphatic carbocycles. The smallest absolute Gasteiger partial charge is 0.311 e. The van der Waals surface area contributed by atoms with Crippen molar-refractivity contribution in [3.05, 3.63) is 39.6 Å². The minimum atomic E-state index is -0.543. The molecule has 0 amide bonds. The Morgan fingerprint density at radius 3 is 2.72 bits per heavy atom. The van der Waals surface area contributed by atoms with Gasteiger partial charge in [-0.15, -0.1) is 11.8 Å². The number of ether oxygens (including phenoxy) is 1.